The Morgan fingerprint density at radius 2 is 1.97 bits per heavy atom. The molecule has 0 aliphatic carbocycles. The monoisotopic (exact) mass is 486 g/mol. The molecule has 1 aromatic heterocycles. The van der Waals surface area contributed by atoms with Crippen LogP contribution in [0.1, 0.15) is 23.6 Å². The van der Waals surface area contributed by atoms with Crippen molar-refractivity contribution in [1.29, 1.82) is 0 Å². The zero-order valence-electron chi connectivity index (χ0n) is 16.1. The van der Waals surface area contributed by atoms with Crippen LogP contribution in [0.4, 0.5) is 13.2 Å². The number of carbonyl (C=O) groups excluding carboxylic acids is 1. The van der Waals surface area contributed by atoms with Gasteiger partial charge in [-0.25, -0.2) is 0 Å². The quantitative estimate of drug-likeness (QED) is 0.388. The lowest BCUT2D eigenvalue weighted by Gasteiger charge is -2.13. The molecule has 0 spiro atoms. The summed E-state index contributed by atoms with van der Waals surface area (Å²) in [6.07, 6.45) is -3.85. The van der Waals surface area contributed by atoms with Gasteiger partial charge in [-0.2, -0.15) is 13.2 Å². The molecular formula is C21H18BrF3O5. The van der Waals surface area contributed by atoms with Crippen LogP contribution >= 0.6 is 15.9 Å². The number of hydrogen-bond donors (Lipinski definition) is 0. The number of ether oxygens (including phenoxy) is 3. The third kappa shape index (κ3) is 4.89. The van der Waals surface area contributed by atoms with E-state index in [-0.39, 0.29) is 30.6 Å². The highest BCUT2D eigenvalue weighted by Gasteiger charge is 2.35. The van der Waals surface area contributed by atoms with Gasteiger partial charge in [0.25, 0.3) is 0 Å². The first-order valence-corrected chi connectivity index (χ1v) is 9.74. The van der Waals surface area contributed by atoms with Crippen LogP contribution in [-0.4, -0.2) is 19.7 Å². The first-order chi connectivity index (χ1) is 14.2. The van der Waals surface area contributed by atoms with Gasteiger partial charge in [0.2, 0.25) is 0 Å². The van der Waals surface area contributed by atoms with Crippen molar-refractivity contribution >= 4 is 32.9 Å². The van der Waals surface area contributed by atoms with Gasteiger partial charge in [0, 0.05) is 17.0 Å². The van der Waals surface area contributed by atoms with Crippen molar-refractivity contribution in [3.63, 3.8) is 0 Å². The molecular weight excluding hydrogens is 469 g/mol. The standard InChI is InChI=1S/C21H18BrF3O5/c1-3-28-19(26)8-13-4-5-14(27-2)9-18(13)29-10-12-6-15-16(21(23,24)25)11-30-20(15)17(22)7-12/h4-7,9,11H,3,8,10H2,1-2H3. The molecule has 0 unspecified atom stereocenters. The Morgan fingerprint density at radius 3 is 2.63 bits per heavy atom. The van der Waals surface area contributed by atoms with Crippen LogP contribution in [-0.2, 0) is 28.7 Å². The second-order valence-electron chi connectivity index (χ2n) is 6.35. The summed E-state index contributed by atoms with van der Waals surface area (Å²) in [5.74, 6) is 0.482. The van der Waals surface area contributed by atoms with Gasteiger partial charge < -0.3 is 18.6 Å². The maximum absolute atomic E-state index is 13.2. The molecule has 0 amide bonds. The molecule has 0 fully saturated rings. The van der Waals surface area contributed by atoms with Crippen LogP contribution in [0, 0.1) is 0 Å². The van der Waals surface area contributed by atoms with Gasteiger partial charge in [-0.05, 0) is 46.6 Å². The van der Waals surface area contributed by atoms with Crippen molar-refractivity contribution < 1.29 is 36.6 Å². The van der Waals surface area contributed by atoms with Crippen molar-refractivity contribution in [2.24, 2.45) is 0 Å². The Labute approximate surface area is 178 Å². The van der Waals surface area contributed by atoms with Gasteiger partial charge in [-0.3, -0.25) is 4.79 Å². The van der Waals surface area contributed by atoms with Crippen molar-refractivity contribution in [2.45, 2.75) is 26.1 Å². The topological polar surface area (TPSA) is 57.9 Å². The number of carbonyl (C=O) groups is 1. The smallest absolute Gasteiger partial charge is 0.420 e. The van der Waals surface area contributed by atoms with Gasteiger partial charge in [0.15, 0.2) is 0 Å². The number of hydrogen-bond acceptors (Lipinski definition) is 5. The molecule has 0 aliphatic heterocycles. The molecule has 3 rings (SSSR count). The van der Waals surface area contributed by atoms with Crippen LogP contribution in [0.2, 0.25) is 0 Å². The minimum absolute atomic E-state index is 0.00412. The van der Waals surface area contributed by atoms with E-state index in [9.17, 15) is 18.0 Å². The van der Waals surface area contributed by atoms with Crippen molar-refractivity contribution in [3.8, 4) is 11.5 Å². The van der Waals surface area contributed by atoms with Crippen molar-refractivity contribution in [1.82, 2.24) is 0 Å². The SMILES string of the molecule is CCOC(=O)Cc1ccc(OC)cc1OCc1cc(Br)c2occ(C(F)(F)F)c2c1. The highest BCUT2D eigenvalue weighted by molar-refractivity contribution is 9.10. The summed E-state index contributed by atoms with van der Waals surface area (Å²) < 4.78 is 61.1. The van der Waals surface area contributed by atoms with E-state index < -0.39 is 17.7 Å². The molecule has 0 saturated heterocycles. The molecule has 1 heterocycles. The van der Waals surface area contributed by atoms with E-state index in [2.05, 4.69) is 15.9 Å². The van der Waals surface area contributed by atoms with Gasteiger partial charge in [0.1, 0.15) is 35.5 Å². The Morgan fingerprint density at radius 1 is 1.20 bits per heavy atom. The van der Waals surface area contributed by atoms with Gasteiger partial charge in [0.05, 0.1) is 24.6 Å². The molecule has 5 nitrogen and oxygen atoms in total. The highest BCUT2D eigenvalue weighted by atomic mass is 79.9. The summed E-state index contributed by atoms with van der Waals surface area (Å²) in [5.41, 5.74) is 0.319. The zero-order chi connectivity index (χ0) is 21.9. The Hall–Kier alpha value is -2.68. The van der Waals surface area contributed by atoms with Crippen LogP contribution < -0.4 is 9.47 Å². The molecule has 0 aliphatic rings. The first-order valence-electron chi connectivity index (χ1n) is 8.95. The van der Waals surface area contributed by atoms with Crippen molar-refractivity contribution in [3.05, 3.63) is 57.8 Å². The second kappa shape index (κ2) is 8.99. The van der Waals surface area contributed by atoms with Gasteiger partial charge >= 0.3 is 12.1 Å². The number of rotatable bonds is 7. The average molecular weight is 487 g/mol. The van der Waals surface area contributed by atoms with Crippen LogP contribution in [0.3, 0.4) is 0 Å². The Bertz CT molecular complexity index is 1060. The van der Waals surface area contributed by atoms with Crippen LogP contribution in [0.5, 0.6) is 11.5 Å². The minimum Gasteiger partial charge on any atom is -0.497 e. The molecule has 0 saturated carbocycles. The lowest BCUT2D eigenvalue weighted by Crippen LogP contribution is -2.09. The number of furan rings is 1. The summed E-state index contributed by atoms with van der Waals surface area (Å²) in [5, 5.41) is -0.0622. The number of fused-ring (bicyclic) bond motifs is 1. The molecule has 0 bridgehead atoms. The van der Waals surface area contributed by atoms with Crippen LogP contribution in [0.15, 0.2) is 45.5 Å². The summed E-state index contributed by atoms with van der Waals surface area (Å²) in [6.45, 7) is 1.94. The van der Waals surface area contributed by atoms with Gasteiger partial charge in [-0.15, -0.1) is 0 Å². The van der Waals surface area contributed by atoms with E-state index >= 15 is 0 Å². The molecule has 160 valence electrons. The summed E-state index contributed by atoms with van der Waals surface area (Å²) in [6, 6.07) is 7.98. The molecule has 0 atom stereocenters. The van der Waals surface area contributed by atoms with Crippen molar-refractivity contribution in [2.75, 3.05) is 13.7 Å². The number of benzene rings is 2. The molecule has 30 heavy (non-hydrogen) atoms. The second-order valence-corrected chi connectivity index (χ2v) is 7.20. The predicted molar refractivity (Wildman–Crippen MR) is 107 cm³/mol. The van der Waals surface area contributed by atoms with E-state index in [4.69, 9.17) is 18.6 Å². The van der Waals surface area contributed by atoms with E-state index in [0.29, 0.717) is 33.4 Å². The predicted octanol–water partition coefficient (Wildman–Crippen LogP) is 5.91. The molecule has 0 radical (unpaired) electrons. The third-order valence-corrected chi connectivity index (χ3v) is 4.89. The Balaban J connectivity index is 1.89. The fraction of sp³-hybridized carbons (Fsp3) is 0.286. The lowest BCUT2D eigenvalue weighted by atomic mass is 10.1. The number of methoxy groups -OCH3 is 1. The molecule has 3 aromatic rings. The van der Waals surface area contributed by atoms with Crippen LogP contribution in [0.25, 0.3) is 11.0 Å². The third-order valence-electron chi connectivity index (χ3n) is 4.30. The molecule has 9 heteroatoms. The first kappa shape index (κ1) is 22.0. The number of alkyl halides is 3. The number of esters is 1. The lowest BCUT2D eigenvalue weighted by molar-refractivity contribution is -0.142. The summed E-state index contributed by atoms with van der Waals surface area (Å²) >= 11 is 3.24. The largest absolute Gasteiger partial charge is 0.497 e. The fourth-order valence-electron chi connectivity index (χ4n) is 2.92. The minimum atomic E-state index is -4.54. The molecule has 0 N–H and O–H groups in total. The maximum atomic E-state index is 13.2. The molecule has 2 aromatic carbocycles. The van der Waals surface area contributed by atoms with E-state index in [1.165, 1.54) is 13.2 Å². The van der Waals surface area contributed by atoms with E-state index in [1.54, 1.807) is 31.2 Å². The maximum Gasteiger partial charge on any atom is 0.420 e. The number of halogens is 4. The normalized spacial score (nSPS) is 11.5. The van der Waals surface area contributed by atoms with Gasteiger partial charge in [-0.1, -0.05) is 6.07 Å². The summed E-state index contributed by atoms with van der Waals surface area (Å²) in [4.78, 5) is 11.9. The van der Waals surface area contributed by atoms with E-state index in [1.807, 2.05) is 0 Å². The average Bonchev–Trinajstić information content (AvgIpc) is 3.12. The highest BCUT2D eigenvalue weighted by Crippen LogP contribution is 2.39. The summed E-state index contributed by atoms with van der Waals surface area (Å²) in [7, 11) is 1.49. The zero-order valence-corrected chi connectivity index (χ0v) is 17.7. The Kier molecular flexibility index (Phi) is 6.60. The fourth-order valence-corrected chi connectivity index (χ4v) is 3.53. The van der Waals surface area contributed by atoms with E-state index in [0.717, 1.165) is 0 Å².